The Morgan fingerprint density at radius 3 is 2.12 bits per heavy atom. The summed E-state index contributed by atoms with van der Waals surface area (Å²) in [7, 11) is 0. The van der Waals surface area contributed by atoms with Crippen LogP contribution in [-0.4, -0.2) is 75.6 Å². The largest absolute Gasteiger partial charge is 0.484 e. The number of amides is 3. The van der Waals surface area contributed by atoms with E-state index in [-0.39, 0.29) is 24.0 Å². The number of aliphatic carboxylic acids is 1. The van der Waals surface area contributed by atoms with E-state index < -0.39 is 65.5 Å². The van der Waals surface area contributed by atoms with Gasteiger partial charge >= 0.3 is 5.97 Å². The molecule has 0 radical (unpaired) electrons. The van der Waals surface area contributed by atoms with Crippen molar-refractivity contribution in [2.45, 2.75) is 49.7 Å². The van der Waals surface area contributed by atoms with Gasteiger partial charge in [0.2, 0.25) is 11.8 Å². The van der Waals surface area contributed by atoms with Gasteiger partial charge in [0, 0.05) is 11.4 Å². The number of β-lactam (4-membered cyclic amide) rings is 1. The van der Waals surface area contributed by atoms with Crippen molar-refractivity contribution in [1.82, 2.24) is 10.6 Å². The number of carboxylic acids is 1. The van der Waals surface area contributed by atoms with Crippen LogP contribution in [0.15, 0.2) is 72.8 Å². The van der Waals surface area contributed by atoms with Crippen molar-refractivity contribution in [3.63, 3.8) is 0 Å². The molecule has 5 atom stereocenters. The Hall–Kier alpha value is -4.14. The number of ether oxygens (including phenoxy) is 1. The number of thioether (sulfide) groups is 2. The second-order valence-electron chi connectivity index (χ2n) is 11.8. The maximum atomic E-state index is 13.7. The molecule has 1 fully saturated rings. The minimum Gasteiger partial charge on any atom is -0.484 e. The Bertz CT molecular complexity index is 1590. The van der Waals surface area contributed by atoms with Gasteiger partial charge in [0.1, 0.15) is 34.7 Å². The number of hydrogen-bond acceptors (Lipinski definition) is 8. The average molecular weight is 716 g/mol. The molecule has 1 unspecified atom stereocenters. The van der Waals surface area contributed by atoms with Gasteiger partial charge in [-0.05, 0) is 84.0 Å². The summed E-state index contributed by atoms with van der Waals surface area (Å²) >= 11 is 2.72. The van der Waals surface area contributed by atoms with Gasteiger partial charge in [0.25, 0.3) is 5.91 Å². The number of nitrogens with zero attached hydrogens (tertiary/aromatic N) is 1. The van der Waals surface area contributed by atoms with Gasteiger partial charge in [0.15, 0.2) is 6.61 Å². The molecule has 4 N–H and O–H groups in total. The first-order chi connectivity index (χ1) is 23.4. The number of aliphatic hydroxyl groups is 1. The number of aliphatic hydroxyl groups excluding tert-OH is 1. The van der Waals surface area contributed by atoms with Gasteiger partial charge in [-0.15, -0.1) is 11.8 Å². The second kappa shape index (κ2) is 17.5. The van der Waals surface area contributed by atoms with E-state index in [0.29, 0.717) is 22.8 Å². The number of carbonyl (C=O) groups is 4. The number of halogens is 2. The Labute approximate surface area is 292 Å². The number of carbonyl (C=O) groups excluding carboxylic acids is 3. The lowest BCUT2D eigenvalue weighted by molar-refractivity contribution is -0.142. The molecule has 0 spiro atoms. The van der Waals surface area contributed by atoms with Crippen molar-refractivity contribution in [3.8, 4) is 5.75 Å². The normalized spacial score (nSPS) is 17.5. The topological polar surface area (TPSA) is 145 Å². The van der Waals surface area contributed by atoms with E-state index in [1.165, 1.54) is 72.1 Å². The maximum absolute atomic E-state index is 13.7. The van der Waals surface area contributed by atoms with E-state index in [1.54, 1.807) is 43.0 Å². The molecule has 49 heavy (non-hydrogen) atoms. The molecule has 10 nitrogen and oxygen atoms in total. The number of anilines is 1. The molecule has 262 valence electrons. The first-order valence-electron chi connectivity index (χ1n) is 15.6. The molecule has 3 aromatic rings. The number of nitrogens with one attached hydrogen (secondary N) is 2. The quantitative estimate of drug-likeness (QED) is 0.146. The van der Waals surface area contributed by atoms with Crippen LogP contribution in [0.1, 0.15) is 43.5 Å². The fraction of sp³-hybridized carbons (Fsp3) is 0.371. The summed E-state index contributed by atoms with van der Waals surface area (Å²) in [5.41, 5.74) is 1.77. The fourth-order valence-electron chi connectivity index (χ4n) is 5.23. The predicted molar refractivity (Wildman–Crippen MR) is 186 cm³/mol. The van der Waals surface area contributed by atoms with E-state index in [2.05, 4.69) is 10.6 Å². The molecule has 3 amide bonds. The predicted octanol–water partition coefficient (Wildman–Crippen LogP) is 4.73. The Morgan fingerprint density at radius 1 is 0.939 bits per heavy atom. The molecule has 3 aromatic carbocycles. The molecule has 0 aromatic heterocycles. The monoisotopic (exact) mass is 715 g/mol. The van der Waals surface area contributed by atoms with Gasteiger partial charge in [-0.3, -0.25) is 14.4 Å². The SMILES string of the molecule is CSCC[C@H](NC(=O)[C@H](NC(=O)COc1ccc([C@@H]2[C@@H](SCC(O)c3ccc(F)cc3)C(=O)N2c2ccc(F)cc2)cc1)C(C)C)C(=O)O. The molecule has 0 bridgehead atoms. The van der Waals surface area contributed by atoms with Crippen molar-refractivity contribution in [2.75, 3.05) is 29.3 Å². The van der Waals surface area contributed by atoms with Crippen LogP contribution in [0, 0.1) is 17.6 Å². The first kappa shape index (κ1) is 37.7. The van der Waals surface area contributed by atoms with Crippen molar-refractivity contribution < 1.29 is 42.9 Å². The molecule has 1 saturated heterocycles. The summed E-state index contributed by atoms with van der Waals surface area (Å²) in [6.07, 6.45) is 1.15. The molecule has 0 aliphatic carbocycles. The molecule has 1 heterocycles. The summed E-state index contributed by atoms with van der Waals surface area (Å²) in [5.74, 6) is -2.65. The van der Waals surface area contributed by atoms with E-state index in [0.717, 1.165) is 5.56 Å². The van der Waals surface area contributed by atoms with Crippen LogP contribution in [-0.2, 0) is 19.2 Å². The van der Waals surface area contributed by atoms with Crippen LogP contribution in [0.3, 0.4) is 0 Å². The minimum atomic E-state index is -1.15. The number of carboxylic acid groups (broad SMARTS) is 1. The third kappa shape index (κ3) is 9.96. The summed E-state index contributed by atoms with van der Waals surface area (Å²) in [6, 6.07) is 15.3. The summed E-state index contributed by atoms with van der Waals surface area (Å²) < 4.78 is 32.7. The summed E-state index contributed by atoms with van der Waals surface area (Å²) in [5, 5.41) is 24.7. The second-order valence-corrected chi connectivity index (χ2v) is 13.9. The zero-order valence-electron chi connectivity index (χ0n) is 27.2. The number of hydrogen-bond donors (Lipinski definition) is 4. The minimum absolute atomic E-state index is 0.177. The van der Waals surface area contributed by atoms with Crippen molar-refractivity contribution in [2.24, 2.45) is 5.92 Å². The Morgan fingerprint density at radius 2 is 1.55 bits per heavy atom. The molecule has 14 heteroatoms. The Balaban J connectivity index is 1.40. The number of rotatable bonds is 17. The van der Waals surface area contributed by atoms with Crippen molar-refractivity contribution in [3.05, 3.63) is 95.6 Å². The van der Waals surface area contributed by atoms with Crippen LogP contribution < -0.4 is 20.3 Å². The summed E-state index contributed by atoms with van der Waals surface area (Å²) in [4.78, 5) is 52.1. The van der Waals surface area contributed by atoms with E-state index in [9.17, 15) is 38.2 Å². The van der Waals surface area contributed by atoms with Gasteiger partial charge in [-0.1, -0.05) is 38.1 Å². The van der Waals surface area contributed by atoms with Crippen LogP contribution in [0.2, 0.25) is 0 Å². The van der Waals surface area contributed by atoms with Crippen molar-refractivity contribution >= 4 is 52.9 Å². The lowest BCUT2D eigenvalue weighted by Crippen LogP contribution is -2.57. The molecular weight excluding hydrogens is 677 g/mol. The van der Waals surface area contributed by atoms with Crippen LogP contribution >= 0.6 is 23.5 Å². The zero-order valence-corrected chi connectivity index (χ0v) is 28.8. The Kier molecular flexibility index (Phi) is 13.5. The summed E-state index contributed by atoms with van der Waals surface area (Å²) in [6.45, 7) is 3.06. The molecular formula is C35H39F2N3O7S2. The smallest absolute Gasteiger partial charge is 0.326 e. The lowest BCUT2D eigenvalue weighted by atomic mass is 9.92. The van der Waals surface area contributed by atoms with Gasteiger partial charge in [-0.25, -0.2) is 13.6 Å². The van der Waals surface area contributed by atoms with E-state index >= 15 is 0 Å². The van der Waals surface area contributed by atoms with Gasteiger partial charge in [0.05, 0.1) is 12.1 Å². The van der Waals surface area contributed by atoms with Gasteiger partial charge in [-0.2, -0.15) is 11.8 Å². The molecule has 1 aliphatic rings. The highest BCUT2D eigenvalue weighted by Crippen LogP contribution is 2.46. The van der Waals surface area contributed by atoms with Gasteiger partial charge < -0.3 is 30.5 Å². The molecule has 1 aliphatic heterocycles. The van der Waals surface area contributed by atoms with Crippen LogP contribution in [0.4, 0.5) is 14.5 Å². The van der Waals surface area contributed by atoms with E-state index in [4.69, 9.17) is 4.74 Å². The van der Waals surface area contributed by atoms with Crippen LogP contribution in [0.25, 0.3) is 0 Å². The number of benzene rings is 3. The fourth-order valence-corrected chi connectivity index (χ4v) is 7.00. The third-order valence-electron chi connectivity index (χ3n) is 7.92. The standard InChI is InChI=1S/C35H39F2N3O7S2/c1-20(2)30(33(43)38-27(35(45)46)16-17-48-3)39-29(42)18-47-26-14-6-22(7-15-26)31-32(34(44)40(31)25-12-10-24(37)11-13-25)49-19-28(41)21-4-8-23(36)9-5-21/h4-15,20,27-28,30-32,41H,16-19H2,1-3H3,(H,38,43)(H,39,42)(H,45,46)/t27-,28?,30+,31+,32+/m0/s1. The third-order valence-corrected chi connectivity index (χ3v) is 9.89. The highest BCUT2D eigenvalue weighted by Gasteiger charge is 2.49. The average Bonchev–Trinajstić information content (AvgIpc) is 3.08. The van der Waals surface area contributed by atoms with E-state index in [1.807, 2.05) is 6.26 Å². The first-order valence-corrected chi connectivity index (χ1v) is 18.0. The zero-order chi connectivity index (χ0) is 35.7. The van der Waals surface area contributed by atoms with Crippen LogP contribution in [0.5, 0.6) is 5.75 Å². The maximum Gasteiger partial charge on any atom is 0.326 e. The molecule has 0 saturated carbocycles. The highest BCUT2D eigenvalue weighted by molar-refractivity contribution is 8.00. The highest BCUT2D eigenvalue weighted by atomic mass is 32.2. The van der Waals surface area contributed by atoms with Crippen molar-refractivity contribution in [1.29, 1.82) is 0 Å². The molecule has 4 rings (SSSR count). The lowest BCUT2D eigenvalue weighted by Gasteiger charge is -2.47.